The van der Waals surface area contributed by atoms with Crippen LogP contribution in [0.2, 0.25) is 0 Å². The van der Waals surface area contributed by atoms with E-state index in [1.807, 2.05) is 5.11 Å². The van der Waals surface area contributed by atoms with Crippen LogP contribution in [0.5, 0.6) is 0 Å². The molecule has 18 heavy (non-hydrogen) atoms. The number of nitrogens with one attached hydrogen (secondary N) is 1. The van der Waals surface area contributed by atoms with Crippen molar-refractivity contribution in [1.29, 1.82) is 0 Å². The van der Waals surface area contributed by atoms with Crippen LogP contribution in [0.3, 0.4) is 0 Å². The zero-order valence-corrected chi connectivity index (χ0v) is 10.3. The molecule has 0 spiro atoms. The summed E-state index contributed by atoms with van der Waals surface area (Å²) in [5.74, 6) is -0.400. The average molecular weight is 266 g/mol. The van der Waals surface area contributed by atoms with E-state index in [2.05, 4.69) is 4.18 Å². The molecule has 0 radical (unpaired) electrons. The first-order chi connectivity index (χ1) is 8.51. The fourth-order valence-corrected chi connectivity index (χ4v) is 2.66. The molecule has 94 valence electrons. The predicted octanol–water partition coefficient (Wildman–Crippen LogP) is -0.298. The van der Waals surface area contributed by atoms with Crippen molar-refractivity contribution in [2.75, 3.05) is 7.11 Å². The summed E-state index contributed by atoms with van der Waals surface area (Å²) in [6, 6.07) is 3.45. The van der Waals surface area contributed by atoms with Gasteiger partial charge in [-0.2, -0.15) is 8.42 Å². The van der Waals surface area contributed by atoms with Crippen LogP contribution in [-0.4, -0.2) is 27.4 Å². The van der Waals surface area contributed by atoms with Crippen molar-refractivity contribution >= 4 is 22.0 Å². The van der Waals surface area contributed by atoms with E-state index in [4.69, 9.17) is 5.53 Å². The molecule has 1 aliphatic rings. The number of rotatable bonds is 3. The molecule has 0 bridgehead atoms. The molecule has 6 nitrogen and oxygen atoms in total. The molecule has 1 aromatic carbocycles. The Kier molecular flexibility index (Phi) is 3.10. The maximum Gasteiger partial charge on any atom is 0.297 e. The molecule has 1 unspecified atom stereocenters. The maximum atomic E-state index is 11.9. The van der Waals surface area contributed by atoms with Gasteiger partial charge in [0, 0.05) is 11.1 Å². The standard InChI is InChI=1S/C11H10N2O4S/c1-17-18(15,16)10-4-2-3-8-7(10)5-6-9(13-12)11(8)14/h2-6,9,13H,1H3. The van der Waals surface area contributed by atoms with Gasteiger partial charge in [0.25, 0.3) is 10.1 Å². The Balaban J connectivity index is 2.68. The number of hydrogen-bond acceptors (Lipinski definition) is 4. The van der Waals surface area contributed by atoms with E-state index in [-0.39, 0.29) is 16.0 Å². The summed E-state index contributed by atoms with van der Waals surface area (Å²) in [6.07, 6.45) is 2.86. The predicted molar refractivity (Wildman–Crippen MR) is 62.1 cm³/mol. The van der Waals surface area contributed by atoms with Gasteiger partial charge in [0.1, 0.15) is 4.90 Å². The molecule has 1 aliphatic carbocycles. The fourth-order valence-electron chi connectivity index (χ4n) is 1.79. The van der Waals surface area contributed by atoms with Crippen molar-refractivity contribution in [1.82, 2.24) is 0 Å². The summed E-state index contributed by atoms with van der Waals surface area (Å²) < 4.78 is 27.8. The van der Waals surface area contributed by atoms with Crippen LogP contribution >= 0.6 is 0 Å². The molecule has 1 N–H and O–H groups in total. The van der Waals surface area contributed by atoms with E-state index in [0.717, 1.165) is 7.11 Å². The van der Waals surface area contributed by atoms with E-state index in [0.29, 0.717) is 0 Å². The van der Waals surface area contributed by atoms with E-state index < -0.39 is 21.9 Å². The molecular formula is C11H10N2O4S. The lowest BCUT2D eigenvalue weighted by Gasteiger charge is -2.15. The Morgan fingerprint density at radius 2 is 2.11 bits per heavy atom. The maximum absolute atomic E-state index is 11.9. The Morgan fingerprint density at radius 3 is 2.72 bits per heavy atom. The minimum absolute atomic E-state index is 0.0662. The molecule has 1 aromatic rings. The highest BCUT2D eigenvalue weighted by Gasteiger charge is 2.29. The van der Waals surface area contributed by atoms with Crippen LogP contribution in [0.4, 0.5) is 0 Å². The SMILES string of the molecule is COS(=O)(=O)c1cccc2c1C=CC([NH+]=[N-])C2=O. The van der Waals surface area contributed by atoms with Crippen molar-refractivity contribution in [2.24, 2.45) is 0 Å². The van der Waals surface area contributed by atoms with Crippen molar-refractivity contribution in [3.63, 3.8) is 0 Å². The van der Waals surface area contributed by atoms with Gasteiger partial charge in [0.2, 0.25) is 11.8 Å². The summed E-state index contributed by atoms with van der Waals surface area (Å²) in [4.78, 5) is 11.8. The van der Waals surface area contributed by atoms with Crippen LogP contribution in [0.25, 0.3) is 11.6 Å². The Morgan fingerprint density at radius 1 is 1.39 bits per heavy atom. The van der Waals surface area contributed by atoms with E-state index in [1.165, 1.54) is 30.4 Å². The highest BCUT2D eigenvalue weighted by Crippen LogP contribution is 2.26. The quantitative estimate of drug-likeness (QED) is 0.600. The van der Waals surface area contributed by atoms with Gasteiger partial charge < -0.3 is 10.6 Å². The minimum Gasteiger partial charge on any atom is -0.508 e. The Bertz CT molecular complexity index is 649. The molecule has 0 saturated heterocycles. The zero-order chi connectivity index (χ0) is 13.3. The third-order valence-electron chi connectivity index (χ3n) is 2.70. The molecule has 0 aliphatic heterocycles. The third-order valence-corrected chi connectivity index (χ3v) is 4.03. The second kappa shape index (κ2) is 4.43. The van der Waals surface area contributed by atoms with Crippen molar-refractivity contribution in [2.45, 2.75) is 10.9 Å². The van der Waals surface area contributed by atoms with E-state index in [9.17, 15) is 13.2 Å². The molecule has 0 fully saturated rings. The van der Waals surface area contributed by atoms with Crippen molar-refractivity contribution < 1.29 is 22.5 Å². The highest BCUT2D eigenvalue weighted by molar-refractivity contribution is 7.86. The lowest BCUT2D eigenvalue weighted by atomic mass is 9.93. The van der Waals surface area contributed by atoms with Gasteiger partial charge in [0.05, 0.1) is 7.11 Å². The first-order valence-corrected chi connectivity index (χ1v) is 6.48. The first kappa shape index (κ1) is 12.6. The number of ketones is 1. The molecule has 0 amide bonds. The van der Waals surface area contributed by atoms with Gasteiger partial charge in [-0.05, 0) is 18.2 Å². The summed E-state index contributed by atoms with van der Waals surface area (Å²) in [7, 11) is -2.82. The number of fused-ring (bicyclic) bond motifs is 1. The lowest BCUT2D eigenvalue weighted by Crippen LogP contribution is -2.74. The van der Waals surface area contributed by atoms with Crippen molar-refractivity contribution in [3.8, 4) is 0 Å². The first-order valence-electron chi connectivity index (χ1n) is 5.07. The normalized spacial score (nSPS) is 18.5. The van der Waals surface area contributed by atoms with Gasteiger partial charge in [-0.3, -0.25) is 8.98 Å². The number of benzene rings is 1. The lowest BCUT2D eigenvalue weighted by molar-refractivity contribution is -0.494. The van der Waals surface area contributed by atoms with Gasteiger partial charge >= 0.3 is 0 Å². The van der Waals surface area contributed by atoms with Gasteiger partial charge in [-0.15, -0.1) is 0 Å². The largest absolute Gasteiger partial charge is 0.508 e. The molecule has 7 heteroatoms. The van der Waals surface area contributed by atoms with E-state index in [1.54, 1.807) is 0 Å². The molecule has 2 rings (SSSR count). The van der Waals surface area contributed by atoms with Crippen molar-refractivity contribution in [3.05, 3.63) is 40.9 Å². The fraction of sp³-hybridized carbons (Fsp3) is 0.182. The zero-order valence-electron chi connectivity index (χ0n) is 9.45. The molecule has 0 aromatic heterocycles. The van der Waals surface area contributed by atoms with Gasteiger partial charge in [-0.1, -0.05) is 12.1 Å². The summed E-state index contributed by atoms with van der Waals surface area (Å²) in [5, 5.41) is 1.85. The molecule has 1 atom stereocenters. The summed E-state index contributed by atoms with van der Waals surface area (Å²) >= 11 is 0. The monoisotopic (exact) mass is 266 g/mol. The molecule has 0 heterocycles. The summed E-state index contributed by atoms with van der Waals surface area (Å²) in [6.45, 7) is 0. The topological polar surface area (TPSA) is 96.7 Å². The second-order valence-electron chi connectivity index (χ2n) is 3.67. The van der Waals surface area contributed by atoms with Crippen LogP contribution in [0.15, 0.2) is 29.2 Å². The van der Waals surface area contributed by atoms with Crippen LogP contribution in [0.1, 0.15) is 15.9 Å². The average Bonchev–Trinajstić information content (AvgIpc) is 2.39. The van der Waals surface area contributed by atoms with Crippen LogP contribution in [0, 0.1) is 0 Å². The number of carbonyl (C=O) groups excluding carboxylic acids is 1. The number of carbonyl (C=O) groups is 1. The number of nitrogens with zero attached hydrogens (tertiary/aromatic N) is 1. The highest BCUT2D eigenvalue weighted by atomic mass is 32.2. The Hall–Kier alpha value is -1.86. The smallest absolute Gasteiger partial charge is 0.297 e. The molecule has 0 saturated carbocycles. The third kappa shape index (κ3) is 1.87. The van der Waals surface area contributed by atoms with Gasteiger partial charge in [-0.25, -0.2) is 0 Å². The number of hydrogen-bond donors (Lipinski definition) is 1. The minimum atomic E-state index is -3.87. The summed E-state index contributed by atoms with van der Waals surface area (Å²) in [5.41, 5.74) is 9.30. The van der Waals surface area contributed by atoms with Gasteiger partial charge in [0.15, 0.2) is 0 Å². The second-order valence-corrected chi connectivity index (χ2v) is 5.35. The van der Waals surface area contributed by atoms with Crippen LogP contribution < -0.4 is 5.11 Å². The Labute approximate surface area is 104 Å². The van der Waals surface area contributed by atoms with E-state index >= 15 is 0 Å². The van der Waals surface area contributed by atoms with Crippen LogP contribution in [-0.2, 0) is 14.3 Å². The molecular weight excluding hydrogens is 256 g/mol. The number of Topliss-reactive ketones (excluding diaryl/α,β-unsaturated/α-hetero) is 1.